The van der Waals surface area contributed by atoms with Crippen LogP contribution >= 0.6 is 0 Å². The van der Waals surface area contributed by atoms with Crippen molar-refractivity contribution in [2.75, 3.05) is 24.7 Å². The summed E-state index contributed by atoms with van der Waals surface area (Å²) < 4.78 is 44.8. The van der Waals surface area contributed by atoms with Crippen molar-refractivity contribution in [3.63, 3.8) is 0 Å². The van der Waals surface area contributed by atoms with Gasteiger partial charge in [0.2, 0.25) is 0 Å². The maximum absolute atomic E-state index is 14.8. The second kappa shape index (κ2) is 15.2. The Morgan fingerprint density at radius 1 is 0.881 bits per heavy atom. The van der Waals surface area contributed by atoms with Crippen LogP contribution in [-0.4, -0.2) is 55.4 Å². The van der Waals surface area contributed by atoms with Crippen LogP contribution in [0.1, 0.15) is 143 Å². The quantitative estimate of drug-likeness (QED) is 0.180. The molecule has 8 heteroatoms. The van der Waals surface area contributed by atoms with Crippen LogP contribution < -0.4 is 5.32 Å². The highest BCUT2D eigenvalue weighted by Gasteiger charge is 2.70. The first kappa shape index (κ1) is 43.4. The molecule has 7 aliphatic rings. The molecule has 6 aliphatic carbocycles. The Kier molecular flexibility index (Phi) is 11.2. The molecule has 59 heavy (non-hydrogen) atoms. The Balaban J connectivity index is 1.000. The smallest absolute Gasteiger partial charge is 0.315 e. The third-order valence-electron chi connectivity index (χ3n) is 19.3. The Morgan fingerprint density at radius 2 is 1.61 bits per heavy atom. The average Bonchev–Trinajstić information content (AvgIpc) is 3.59. The minimum absolute atomic E-state index is 0.0316. The largest absolute Gasteiger partial charge is 0.460 e. The third-order valence-corrected chi connectivity index (χ3v) is 21.0. The van der Waals surface area contributed by atoms with Crippen LogP contribution in [0.3, 0.4) is 0 Å². The second-order valence-corrected chi connectivity index (χ2v) is 24.7. The summed E-state index contributed by atoms with van der Waals surface area (Å²) in [7, 11) is -3.03. The molecule has 1 aliphatic heterocycles. The molecule has 1 aromatic carbocycles. The van der Waals surface area contributed by atoms with Crippen LogP contribution in [0.25, 0.3) is 0 Å². The average molecular weight is 832 g/mol. The molecule has 1 saturated heterocycles. The summed E-state index contributed by atoms with van der Waals surface area (Å²) in [5.74, 6) is 2.54. The van der Waals surface area contributed by atoms with E-state index in [1.807, 2.05) is 30.3 Å². The number of nitrogens with one attached hydrogen (secondary N) is 1. The van der Waals surface area contributed by atoms with Gasteiger partial charge in [-0.15, -0.1) is 0 Å². The standard InChI is InChI=1S/C51H74FNO5S/c1-35(2)38-17-24-51(53-30-27-50(55)28-31-59(56,57)32-29-50)26-25-47(6)40(43(38)51)13-14-42-46(5)20-18-39(45(3,4)41(46)19-21-48(42,47)7)37-15-22-49(34-52,23-16-37)44(54)58-33-36-11-9-8-10-12-36/h8-12,15,18,38,40-43,53,55H,1,13-14,16-17,19-34H2,2-7H3/t38-,40+,41-,42+,43+,46-,47+,48+,49-,51-/m0/s1. The summed E-state index contributed by atoms with van der Waals surface area (Å²) in [5.41, 5.74) is 3.56. The molecule has 1 aromatic rings. The van der Waals surface area contributed by atoms with Crippen molar-refractivity contribution >= 4 is 15.8 Å². The molecule has 0 spiro atoms. The van der Waals surface area contributed by atoms with Crippen LogP contribution in [0.4, 0.5) is 4.39 Å². The molecule has 10 atom stereocenters. The second-order valence-electron chi connectivity index (χ2n) is 22.3. The molecule has 0 radical (unpaired) electrons. The molecular weight excluding hydrogens is 758 g/mol. The van der Waals surface area contributed by atoms with Gasteiger partial charge >= 0.3 is 5.97 Å². The summed E-state index contributed by atoms with van der Waals surface area (Å²) in [4.78, 5) is 13.4. The summed E-state index contributed by atoms with van der Waals surface area (Å²) in [6.07, 6.45) is 18.3. The van der Waals surface area contributed by atoms with Crippen molar-refractivity contribution in [1.82, 2.24) is 5.32 Å². The van der Waals surface area contributed by atoms with Crippen LogP contribution in [0.5, 0.6) is 0 Å². The van der Waals surface area contributed by atoms with Crippen molar-refractivity contribution < 1.29 is 27.4 Å². The lowest BCUT2D eigenvalue weighted by atomic mass is 9.33. The zero-order valence-corrected chi connectivity index (χ0v) is 38.0. The van der Waals surface area contributed by atoms with Crippen LogP contribution in [-0.2, 0) is 26.0 Å². The Bertz CT molecular complexity index is 1960. The van der Waals surface area contributed by atoms with Gasteiger partial charge in [-0.25, -0.2) is 12.8 Å². The van der Waals surface area contributed by atoms with Gasteiger partial charge in [-0.3, -0.25) is 4.79 Å². The molecule has 5 fully saturated rings. The van der Waals surface area contributed by atoms with E-state index in [4.69, 9.17) is 4.74 Å². The Hall–Kier alpha value is -2.29. The molecule has 2 N–H and O–H groups in total. The first-order valence-corrected chi connectivity index (χ1v) is 25.1. The van der Waals surface area contributed by atoms with Gasteiger partial charge in [0.25, 0.3) is 0 Å². The fourth-order valence-electron chi connectivity index (χ4n) is 15.7. The fraction of sp³-hybridized carbons (Fsp3) is 0.745. The van der Waals surface area contributed by atoms with Gasteiger partial charge in [0.1, 0.15) is 13.3 Å². The van der Waals surface area contributed by atoms with E-state index >= 15 is 0 Å². The van der Waals surface area contributed by atoms with Gasteiger partial charge < -0.3 is 15.2 Å². The minimum Gasteiger partial charge on any atom is -0.460 e. The first-order valence-electron chi connectivity index (χ1n) is 23.3. The molecule has 1 heterocycles. The van der Waals surface area contributed by atoms with E-state index in [9.17, 15) is 22.7 Å². The summed E-state index contributed by atoms with van der Waals surface area (Å²) in [6, 6.07) is 9.64. The Morgan fingerprint density at radius 3 is 2.27 bits per heavy atom. The van der Waals surface area contributed by atoms with Crippen molar-refractivity contribution in [1.29, 1.82) is 0 Å². The molecule has 0 aromatic heterocycles. The zero-order chi connectivity index (χ0) is 42.3. The van der Waals surface area contributed by atoms with E-state index < -0.39 is 33.5 Å². The number of alkyl halides is 1. The number of aliphatic hydroxyl groups is 1. The van der Waals surface area contributed by atoms with Gasteiger partial charge in [-0.05, 0) is 178 Å². The first-order chi connectivity index (χ1) is 27.8. The van der Waals surface area contributed by atoms with E-state index in [1.165, 1.54) is 55.2 Å². The Labute approximate surface area is 355 Å². The van der Waals surface area contributed by atoms with Crippen LogP contribution in [0.2, 0.25) is 0 Å². The van der Waals surface area contributed by atoms with Gasteiger partial charge in [-0.1, -0.05) is 89.3 Å². The maximum atomic E-state index is 14.8. The van der Waals surface area contributed by atoms with Gasteiger partial charge in [-0.2, -0.15) is 0 Å². The number of carbonyl (C=O) groups is 1. The number of esters is 1. The van der Waals surface area contributed by atoms with Crippen LogP contribution in [0.15, 0.2) is 65.8 Å². The number of sulfone groups is 1. The highest BCUT2D eigenvalue weighted by molar-refractivity contribution is 7.91. The van der Waals surface area contributed by atoms with Crippen molar-refractivity contribution in [3.05, 3.63) is 71.3 Å². The summed E-state index contributed by atoms with van der Waals surface area (Å²) in [6.45, 7) is 20.0. The molecule has 0 bridgehead atoms. The van der Waals surface area contributed by atoms with Gasteiger partial charge in [0, 0.05) is 5.54 Å². The van der Waals surface area contributed by atoms with E-state index in [-0.39, 0.29) is 45.3 Å². The number of carbonyl (C=O) groups excluding carboxylic acids is 1. The third kappa shape index (κ3) is 7.08. The summed E-state index contributed by atoms with van der Waals surface area (Å²) in [5, 5.41) is 15.5. The fourth-order valence-corrected chi connectivity index (χ4v) is 17.3. The van der Waals surface area contributed by atoms with Crippen molar-refractivity contribution in [3.8, 4) is 0 Å². The topological polar surface area (TPSA) is 92.7 Å². The highest BCUT2D eigenvalue weighted by Crippen LogP contribution is 2.76. The van der Waals surface area contributed by atoms with Crippen molar-refractivity contribution in [2.45, 2.75) is 156 Å². The monoisotopic (exact) mass is 832 g/mol. The number of halogens is 1. The number of rotatable bonds is 10. The predicted octanol–water partition coefficient (Wildman–Crippen LogP) is 10.7. The van der Waals surface area contributed by atoms with E-state index in [0.29, 0.717) is 68.1 Å². The number of hydrogen-bond donors (Lipinski definition) is 2. The number of ether oxygens (including phenoxy) is 1. The van der Waals surface area contributed by atoms with E-state index in [2.05, 4.69) is 65.6 Å². The summed E-state index contributed by atoms with van der Waals surface area (Å²) >= 11 is 0. The number of allylic oxidation sites excluding steroid dienone is 5. The van der Waals surface area contributed by atoms with E-state index in [0.717, 1.165) is 31.4 Å². The van der Waals surface area contributed by atoms with E-state index in [1.54, 1.807) is 0 Å². The van der Waals surface area contributed by atoms with Crippen molar-refractivity contribution in [2.24, 2.45) is 56.7 Å². The number of hydrogen-bond acceptors (Lipinski definition) is 6. The highest BCUT2D eigenvalue weighted by atomic mass is 32.2. The molecule has 8 rings (SSSR count). The lowest BCUT2D eigenvalue weighted by Crippen LogP contribution is -2.68. The molecule has 4 saturated carbocycles. The SMILES string of the molecule is C=C(C)[C@@H]1CC[C@]2(NCCC3(O)CCS(=O)(=O)CC3)CC[C@]3(C)[C@H](CC[C@@H]4[C@@]5(C)CC=C(C6=CC[C@](CF)(C(=O)OCc7ccccc7)CC6)C(C)(C)[C@@H]5CC[C@]43C)[C@@H]12. The normalized spacial score (nSPS) is 41.9. The van der Waals surface area contributed by atoms with Crippen LogP contribution in [0, 0.1) is 56.7 Å². The molecule has 326 valence electrons. The maximum Gasteiger partial charge on any atom is 0.315 e. The molecule has 6 nitrogen and oxygen atoms in total. The molecule has 0 amide bonds. The molecular formula is C51H74FNO5S. The zero-order valence-electron chi connectivity index (χ0n) is 37.1. The lowest BCUT2D eigenvalue weighted by molar-refractivity contribution is -0.221. The van der Waals surface area contributed by atoms with Gasteiger partial charge in [0.15, 0.2) is 9.84 Å². The molecule has 0 unspecified atom stereocenters. The predicted molar refractivity (Wildman–Crippen MR) is 235 cm³/mol. The number of fused-ring (bicyclic) bond motifs is 7. The lowest BCUT2D eigenvalue weighted by Gasteiger charge is -2.72. The minimum atomic E-state index is -3.03. The number of benzene rings is 1. The van der Waals surface area contributed by atoms with Gasteiger partial charge in [0.05, 0.1) is 22.5 Å².